The lowest BCUT2D eigenvalue weighted by Crippen LogP contribution is -2.31. The molecule has 35 heavy (non-hydrogen) atoms. The minimum Gasteiger partial charge on any atom is -0.507 e. The Labute approximate surface area is 205 Å². The molecule has 1 saturated heterocycles. The second kappa shape index (κ2) is 11.0. The number of rotatable bonds is 9. The summed E-state index contributed by atoms with van der Waals surface area (Å²) < 4.78 is 5.94. The number of ether oxygens (including phenoxy) is 1. The third-order valence-corrected chi connectivity index (χ3v) is 6.12. The average Bonchev–Trinajstić information content (AvgIpc) is 3.13. The highest BCUT2D eigenvalue weighted by atomic mass is 16.5. The van der Waals surface area contributed by atoms with Gasteiger partial charge in [-0.3, -0.25) is 14.6 Å². The number of aliphatic hydroxyl groups excluding tert-OH is 1. The van der Waals surface area contributed by atoms with Gasteiger partial charge in [-0.15, -0.1) is 0 Å². The molecule has 1 amide bonds. The molecule has 6 heteroatoms. The van der Waals surface area contributed by atoms with Crippen LogP contribution in [0.1, 0.15) is 43.0 Å². The van der Waals surface area contributed by atoms with Crippen LogP contribution >= 0.6 is 0 Å². The van der Waals surface area contributed by atoms with Crippen LogP contribution in [0.2, 0.25) is 0 Å². The molecule has 1 aliphatic heterocycles. The van der Waals surface area contributed by atoms with Gasteiger partial charge in [0.05, 0.1) is 18.2 Å². The lowest BCUT2D eigenvalue weighted by atomic mass is 9.95. The van der Waals surface area contributed by atoms with Gasteiger partial charge < -0.3 is 14.7 Å². The molecule has 2 aromatic carbocycles. The largest absolute Gasteiger partial charge is 0.507 e. The number of aliphatic hydroxyl groups is 1. The Morgan fingerprint density at radius 2 is 1.77 bits per heavy atom. The summed E-state index contributed by atoms with van der Waals surface area (Å²) in [6, 6.07) is 19.8. The van der Waals surface area contributed by atoms with Gasteiger partial charge in [-0.1, -0.05) is 56.3 Å². The van der Waals surface area contributed by atoms with E-state index in [4.69, 9.17) is 4.74 Å². The fourth-order valence-electron chi connectivity index (χ4n) is 4.20. The highest BCUT2D eigenvalue weighted by Crippen LogP contribution is 2.40. The van der Waals surface area contributed by atoms with E-state index in [-0.39, 0.29) is 11.3 Å². The molecule has 1 fully saturated rings. The normalized spacial score (nSPS) is 17.2. The lowest BCUT2D eigenvalue weighted by molar-refractivity contribution is -0.139. The first-order chi connectivity index (χ1) is 17.0. The maximum Gasteiger partial charge on any atom is 0.295 e. The van der Waals surface area contributed by atoms with Crippen molar-refractivity contribution in [3.63, 3.8) is 0 Å². The molecule has 0 radical (unpaired) electrons. The molecule has 0 saturated carbocycles. The van der Waals surface area contributed by atoms with Crippen LogP contribution in [0, 0.1) is 5.92 Å². The number of ketones is 1. The summed E-state index contributed by atoms with van der Waals surface area (Å²) in [5.41, 5.74) is 2.30. The van der Waals surface area contributed by atoms with Crippen LogP contribution in [0.25, 0.3) is 5.76 Å². The van der Waals surface area contributed by atoms with Crippen LogP contribution in [0.15, 0.2) is 84.7 Å². The Morgan fingerprint density at radius 3 is 2.49 bits per heavy atom. The van der Waals surface area contributed by atoms with Gasteiger partial charge in [0.25, 0.3) is 11.7 Å². The average molecular weight is 471 g/mol. The molecule has 180 valence electrons. The molecular formula is C29H30N2O4. The van der Waals surface area contributed by atoms with Gasteiger partial charge in [0.1, 0.15) is 11.5 Å². The summed E-state index contributed by atoms with van der Waals surface area (Å²) in [4.78, 5) is 31.9. The van der Waals surface area contributed by atoms with Crippen molar-refractivity contribution in [1.29, 1.82) is 0 Å². The fourth-order valence-corrected chi connectivity index (χ4v) is 4.20. The van der Waals surface area contributed by atoms with E-state index in [9.17, 15) is 14.7 Å². The first-order valence-electron chi connectivity index (χ1n) is 11.9. The molecule has 6 nitrogen and oxygen atoms in total. The van der Waals surface area contributed by atoms with Gasteiger partial charge in [0.2, 0.25) is 0 Å². The van der Waals surface area contributed by atoms with E-state index in [1.807, 2.05) is 54.6 Å². The zero-order valence-electron chi connectivity index (χ0n) is 20.1. The Balaban J connectivity index is 1.72. The number of amides is 1. The van der Waals surface area contributed by atoms with Crippen molar-refractivity contribution in [2.45, 2.75) is 32.7 Å². The Morgan fingerprint density at radius 1 is 1.03 bits per heavy atom. The van der Waals surface area contributed by atoms with Gasteiger partial charge in [0, 0.05) is 24.5 Å². The molecule has 0 aliphatic carbocycles. The summed E-state index contributed by atoms with van der Waals surface area (Å²) in [5, 5.41) is 11.1. The molecule has 1 N–H and O–H groups in total. The minimum atomic E-state index is -0.722. The van der Waals surface area contributed by atoms with E-state index >= 15 is 0 Å². The number of likely N-dealkylation sites (tertiary alicyclic amines) is 1. The molecule has 1 unspecified atom stereocenters. The predicted molar refractivity (Wildman–Crippen MR) is 135 cm³/mol. The molecule has 1 aliphatic rings. The zero-order valence-corrected chi connectivity index (χ0v) is 20.1. The second-order valence-electron chi connectivity index (χ2n) is 9.07. The third kappa shape index (κ3) is 5.60. The minimum absolute atomic E-state index is 0.0774. The quantitative estimate of drug-likeness (QED) is 0.265. The molecule has 3 aromatic rings. The molecule has 0 bridgehead atoms. The van der Waals surface area contributed by atoms with Crippen LogP contribution < -0.4 is 4.74 Å². The first-order valence-corrected chi connectivity index (χ1v) is 11.9. The maximum absolute atomic E-state index is 13.2. The first kappa shape index (κ1) is 24.2. The van der Waals surface area contributed by atoms with Crippen molar-refractivity contribution < 1.29 is 19.4 Å². The molecular weight excluding hydrogens is 440 g/mol. The smallest absolute Gasteiger partial charge is 0.295 e. The van der Waals surface area contributed by atoms with Crippen LogP contribution in [0.3, 0.4) is 0 Å². The number of aromatic nitrogens is 1. The van der Waals surface area contributed by atoms with Gasteiger partial charge in [-0.2, -0.15) is 0 Å². The highest BCUT2D eigenvalue weighted by Gasteiger charge is 2.45. The molecule has 1 aromatic heterocycles. The van der Waals surface area contributed by atoms with E-state index in [0.717, 1.165) is 17.5 Å². The Hall–Kier alpha value is -3.93. The summed E-state index contributed by atoms with van der Waals surface area (Å²) in [7, 11) is 0. The topological polar surface area (TPSA) is 79.7 Å². The Kier molecular flexibility index (Phi) is 7.60. The molecule has 0 spiro atoms. The van der Waals surface area contributed by atoms with E-state index in [0.29, 0.717) is 36.8 Å². The summed E-state index contributed by atoms with van der Waals surface area (Å²) in [6.07, 6.45) is 4.59. The number of hydrogen-bond acceptors (Lipinski definition) is 5. The predicted octanol–water partition coefficient (Wildman–Crippen LogP) is 5.17. The van der Waals surface area contributed by atoms with Crippen molar-refractivity contribution in [2.24, 2.45) is 5.92 Å². The number of carbonyl (C=O) groups excluding carboxylic acids is 2. The van der Waals surface area contributed by atoms with Gasteiger partial charge in [-0.05, 0) is 54.2 Å². The molecule has 1 atom stereocenters. The fraction of sp³-hybridized carbons (Fsp3) is 0.276. The molecule has 2 heterocycles. The third-order valence-electron chi connectivity index (χ3n) is 6.12. The summed E-state index contributed by atoms with van der Waals surface area (Å²) in [6.45, 7) is 5.19. The standard InChI is InChI=1S/C29H30N2O4/c1-20(2)14-18-35-24-10-6-9-23(19-24)26-25(27(32)22-11-15-30-16-12-22)28(33)29(34)31(26)17-13-21-7-4-3-5-8-21/h3-12,15-16,19-20,26,32H,13-14,17-18H2,1-2H3/b27-25+. The van der Waals surface area contributed by atoms with Crippen LogP contribution in [0.4, 0.5) is 0 Å². The highest BCUT2D eigenvalue weighted by molar-refractivity contribution is 6.46. The number of Topliss-reactive ketones (excluding diaryl/α,β-unsaturated/α-hetero) is 1. The van der Waals surface area contributed by atoms with Crippen molar-refractivity contribution in [3.8, 4) is 5.75 Å². The van der Waals surface area contributed by atoms with E-state index in [2.05, 4.69) is 18.8 Å². The van der Waals surface area contributed by atoms with Gasteiger partial charge >= 0.3 is 0 Å². The number of benzene rings is 2. The monoisotopic (exact) mass is 470 g/mol. The number of pyridine rings is 1. The zero-order chi connectivity index (χ0) is 24.8. The number of nitrogens with zero attached hydrogens (tertiary/aromatic N) is 2. The van der Waals surface area contributed by atoms with Crippen LogP contribution in [0.5, 0.6) is 5.75 Å². The SMILES string of the molecule is CC(C)CCOc1cccc(C2/C(=C(\O)c3ccncc3)C(=O)C(=O)N2CCc2ccccc2)c1. The van der Waals surface area contributed by atoms with Crippen LogP contribution in [-0.4, -0.2) is 39.8 Å². The Bertz CT molecular complexity index is 1210. The summed E-state index contributed by atoms with van der Waals surface area (Å²) >= 11 is 0. The van der Waals surface area contributed by atoms with E-state index in [1.165, 1.54) is 0 Å². The van der Waals surface area contributed by atoms with Crippen molar-refractivity contribution in [3.05, 3.63) is 101 Å². The summed E-state index contributed by atoms with van der Waals surface area (Å²) in [5.74, 6) is -0.329. The van der Waals surface area contributed by atoms with Gasteiger partial charge in [0.15, 0.2) is 0 Å². The maximum atomic E-state index is 13.2. The van der Waals surface area contributed by atoms with Crippen LogP contribution in [-0.2, 0) is 16.0 Å². The lowest BCUT2D eigenvalue weighted by Gasteiger charge is -2.26. The van der Waals surface area contributed by atoms with E-state index < -0.39 is 17.7 Å². The molecule has 4 rings (SSSR count). The van der Waals surface area contributed by atoms with Crippen molar-refractivity contribution >= 4 is 17.4 Å². The van der Waals surface area contributed by atoms with Crippen molar-refractivity contribution in [1.82, 2.24) is 9.88 Å². The number of hydrogen-bond donors (Lipinski definition) is 1. The second-order valence-corrected chi connectivity index (χ2v) is 9.07. The van der Waals surface area contributed by atoms with Crippen molar-refractivity contribution in [2.75, 3.05) is 13.2 Å². The number of carbonyl (C=O) groups is 2. The van der Waals surface area contributed by atoms with E-state index in [1.54, 1.807) is 29.4 Å². The van der Waals surface area contributed by atoms with Gasteiger partial charge in [-0.25, -0.2) is 0 Å².